The summed E-state index contributed by atoms with van der Waals surface area (Å²) in [7, 11) is 0. The van der Waals surface area contributed by atoms with Crippen molar-refractivity contribution in [2.45, 2.75) is 39.0 Å². The Kier molecular flexibility index (Phi) is 4.68. The quantitative estimate of drug-likeness (QED) is 0.936. The summed E-state index contributed by atoms with van der Waals surface area (Å²) >= 11 is 0. The molecule has 0 radical (unpaired) electrons. The lowest BCUT2D eigenvalue weighted by Crippen LogP contribution is -2.18. The number of hydrogen-bond donors (Lipinski definition) is 1. The van der Waals surface area contributed by atoms with E-state index in [-0.39, 0.29) is 11.3 Å². The summed E-state index contributed by atoms with van der Waals surface area (Å²) < 4.78 is 0. The first-order valence-electron chi connectivity index (χ1n) is 7.10. The van der Waals surface area contributed by atoms with Crippen LogP contribution in [0, 0.1) is 0 Å². The number of nitrogens with one attached hydrogen (secondary N) is 1. The van der Waals surface area contributed by atoms with Crippen LogP contribution >= 0.6 is 0 Å². The summed E-state index contributed by atoms with van der Waals surface area (Å²) in [5.74, 6) is 0.00977. The van der Waals surface area contributed by atoms with Gasteiger partial charge in [-0.3, -0.25) is 4.79 Å². The second kappa shape index (κ2) is 6.48. The van der Waals surface area contributed by atoms with Gasteiger partial charge in [-0.05, 0) is 29.0 Å². The maximum absolute atomic E-state index is 12.1. The third kappa shape index (κ3) is 4.38. The highest BCUT2D eigenvalue weighted by Crippen LogP contribution is 2.29. The Labute approximate surface area is 125 Å². The number of amides is 1. The van der Waals surface area contributed by atoms with E-state index in [9.17, 15) is 4.79 Å². The van der Waals surface area contributed by atoms with Gasteiger partial charge in [0.15, 0.2) is 0 Å². The van der Waals surface area contributed by atoms with E-state index in [1.807, 2.05) is 18.2 Å². The van der Waals surface area contributed by atoms with E-state index in [1.165, 1.54) is 6.33 Å². The molecular formula is C17H21N3O. The third-order valence-electron chi connectivity index (χ3n) is 3.26. The van der Waals surface area contributed by atoms with Gasteiger partial charge in [0.1, 0.15) is 6.33 Å². The van der Waals surface area contributed by atoms with Crippen LogP contribution in [0.25, 0.3) is 0 Å². The van der Waals surface area contributed by atoms with Gasteiger partial charge in [0.05, 0.1) is 0 Å². The van der Waals surface area contributed by atoms with Crippen molar-refractivity contribution in [1.82, 2.24) is 9.97 Å². The first-order valence-corrected chi connectivity index (χ1v) is 7.10. The molecule has 0 spiro atoms. The molecule has 0 aliphatic rings. The molecule has 4 nitrogen and oxygen atoms in total. The molecule has 0 saturated carbocycles. The number of rotatable bonds is 4. The Bertz CT molecular complexity index is 603. The third-order valence-corrected chi connectivity index (χ3v) is 3.26. The van der Waals surface area contributed by atoms with E-state index in [0.29, 0.717) is 12.8 Å². The Balaban J connectivity index is 2.00. The number of benzene rings is 1. The summed E-state index contributed by atoms with van der Waals surface area (Å²) in [5, 5.41) is 3.01. The zero-order chi connectivity index (χ0) is 15.3. The van der Waals surface area contributed by atoms with E-state index < -0.39 is 0 Å². The number of aryl methyl sites for hydroxylation is 1. The van der Waals surface area contributed by atoms with Crippen LogP contribution in [0.3, 0.4) is 0 Å². The van der Waals surface area contributed by atoms with Crippen LogP contribution in [0.15, 0.2) is 43.0 Å². The summed E-state index contributed by atoms with van der Waals surface area (Å²) in [6.07, 6.45) is 6.03. The molecule has 0 unspecified atom stereocenters. The lowest BCUT2D eigenvalue weighted by molar-refractivity contribution is -0.116. The molecule has 0 aliphatic carbocycles. The largest absolute Gasteiger partial charge is 0.326 e. The van der Waals surface area contributed by atoms with E-state index in [1.54, 1.807) is 12.4 Å². The fourth-order valence-electron chi connectivity index (χ4n) is 2.18. The molecule has 1 aromatic heterocycles. The van der Waals surface area contributed by atoms with Gasteiger partial charge in [0, 0.05) is 24.5 Å². The molecular weight excluding hydrogens is 262 g/mol. The second-order valence-electron chi connectivity index (χ2n) is 6.09. The number of carbonyl (C=O) groups excluding carboxylic acids is 1. The molecule has 4 heteroatoms. The first-order chi connectivity index (χ1) is 9.97. The van der Waals surface area contributed by atoms with Gasteiger partial charge in [0.25, 0.3) is 0 Å². The van der Waals surface area contributed by atoms with Crippen molar-refractivity contribution in [1.29, 1.82) is 0 Å². The van der Waals surface area contributed by atoms with E-state index >= 15 is 0 Å². The number of aromatic nitrogens is 2. The molecule has 110 valence electrons. The number of para-hydroxylation sites is 1. The lowest BCUT2D eigenvalue weighted by atomic mass is 9.86. The Morgan fingerprint density at radius 2 is 1.81 bits per heavy atom. The van der Waals surface area contributed by atoms with Crippen LogP contribution in [-0.4, -0.2) is 15.9 Å². The minimum absolute atomic E-state index is 0.00283. The number of anilines is 1. The summed E-state index contributed by atoms with van der Waals surface area (Å²) in [5.41, 5.74) is 2.99. The predicted octanol–water partition coefficient (Wildman–Crippen LogP) is 3.35. The average Bonchev–Trinajstić information content (AvgIpc) is 2.46. The molecule has 2 rings (SSSR count). The maximum atomic E-state index is 12.1. The van der Waals surface area contributed by atoms with Gasteiger partial charge >= 0.3 is 0 Å². The van der Waals surface area contributed by atoms with Gasteiger partial charge in [-0.25, -0.2) is 9.97 Å². The van der Waals surface area contributed by atoms with E-state index in [4.69, 9.17) is 0 Å². The van der Waals surface area contributed by atoms with Gasteiger partial charge < -0.3 is 5.32 Å². The summed E-state index contributed by atoms with van der Waals surface area (Å²) in [6, 6.07) is 7.94. The van der Waals surface area contributed by atoms with Gasteiger partial charge in [-0.2, -0.15) is 0 Å². The highest BCUT2D eigenvalue weighted by molar-refractivity contribution is 5.91. The van der Waals surface area contributed by atoms with Crippen molar-refractivity contribution in [3.8, 4) is 0 Å². The normalized spacial score (nSPS) is 11.2. The van der Waals surface area contributed by atoms with Crippen LogP contribution in [0.5, 0.6) is 0 Å². The van der Waals surface area contributed by atoms with Crippen molar-refractivity contribution in [2.75, 3.05) is 5.32 Å². The molecule has 1 heterocycles. The number of carbonyl (C=O) groups is 1. The lowest BCUT2D eigenvalue weighted by Gasteiger charge is -2.23. The predicted molar refractivity (Wildman–Crippen MR) is 84.1 cm³/mol. The van der Waals surface area contributed by atoms with Crippen LogP contribution < -0.4 is 5.32 Å². The molecule has 1 amide bonds. The molecule has 0 saturated heterocycles. The second-order valence-corrected chi connectivity index (χ2v) is 6.09. The SMILES string of the molecule is CC(C)(C)c1ccccc1NC(=O)CCc1cncnc1. The molecule has 0 fully saturated rings. The molecule has 0 bridgehead atoms. The zero-order valence-corrected chi connectivity index (χ0v) is 12.8. The Hall–Kier alpha value is -2.23. The maximum Gasteiger partial charge on any atom is 0.224 e. The highest BCUT2D eigenvalue weighted by Gasteiger charge is 2.18. The summed E-state index contributed by atoms with van der Waals surface area (Å²) in [4.78, 5) is 20.0. The van der Waals surface area contributed by atoms with Gasteiger partial charge in [0.2, 0.25) is 5.91 Å². The first kappa shape index (κ1) is 15.2. The monoisotopic (exact) mass is 283 g/mol. The van der Waals surface area contributed by atoms with Gasteiger partial charge in [-0.15, -0.1) is 0 Å². The minimum Gasteiger partial charge on any atom is -0.326 e. The minimum atomic E-state index is -0.00283. The average molecular weight is 283 g/mol. The van der Waals surface area contributed by atoms with Crippen LogP contribution in [-0.2, 0) is 16.6 Å². The highest BCUT2D eigenvalue weighted by atomic mass is 16.1. The smallest absolute Gasteiger partial charge is 0.224 e. The number of hydrogen-bond acceptors (Lipinski definition) is 3. The van der Waals surface area contributed by atoms with Crippen molar-refractivity contribution in [3.63, 3.8) is 0 Å². The topological polar surface area (TPSA) is 54.9 Å². The molecule has 0 atom stereocenters. The number of nitrogens with zero attached hydrogens (tertiary/aromatic N) is 2. The van der Waals surface area contributed by atoms with Crippen LogP contribution in [0.1, 0.15) is 38.3 Å². The standard InChI is InChI=1S/C17H21N3O/c1-17(2,3)14-6-4-5-7-15(14)20-16(21)9-8-13-10-18-12-19-11-13/h4-7,10-12H,8-9H2,1-3H3,(H,20,21). The van der Waals surface area contributed by atoms with Crippen LogP contribution in [0.4, 0.5) is 5.69 Å². The Morgan fingerprint density at radius 1 is 1.14 bits per heavy atom. The van der Waals surface area contributed by atoms with Crippen molar-refractivity contribution < 1.29 is 4.79 Å². The fraction of sp³-hybridized carbons (Fsp3) is 0.353. The van der Waals surface area contributed by atoms with Gasteiger partial charge in [-0.1, -0.05) is 39.0 Å². The molecule has 2 aromatic rings. The molecule has 1 N–H and O–H groups in total. The Morgan fingerprint density at radius 3 is 2.48 bits per heavy atom. The van der Waals surface area contributed by atoms with Crippen molar-refractivity contribution in [3.05, 3.63) is 54.1 Å². The van der Waals surface area contributed by atoms with Crippen molar-refractivity contribution >= 4 is 11.6 Å². The summed E-state index contributed by atoms with van der Waals surface area (Å²) in [6.45, 7) is 6.41. The molecule has 21 heavy (non-hydrogen) atoms. The molecule has 1 aromatic carbocycles. The van der Waals surface area contributed by atoms with Crippen LogP contribution in [0.2, 0.25) is 0 Å². The fourth-order valence-corrected chi connectivity index (χ4v) is 2.18. The van der Waals surface area contributed by atoms with Crippen molar-refractivity contribution in [2.24, 2.45) is 0 Å². The molecule has 0 aliphatic heterocycles. The van der Waals surface area contributed by atoms with E-state index in [0.717, 1.165) is 16.8 Å². The zero-order valence-electron chi connectivity index (χ0n) is 12.8. The van der Waals surface area contributed by atoms with E-state index in [2.05, 4.69) is 42.1 Å².